The van der Waals surface area contributed by atoms with Crippen LogP contribution in [-0.2, 0) is 0 Å². The van der Waals surface area contributed by atoms with Crippen LogP contribution in [0.5, 0.6) is 0 Å². The first-order valence-corrected chi connectivity index (χ1v) is 1.89. The van der Waals surface area contributed by atoms with E-state index in [4.69, 9.17) is 6.57 Å². The Labute approximate surface area is 42.1 Å². The topological polar surface area (TPSA) is 33.8 Å². The zero-order valence-electron chi connectivity index (χ0n) is 4.38. The molecule has 0 atom stereocenters. The summed E-state index contributed by atoms with van der Waals surface area (Å²) in [6.07, 6.45) is 0. The lowest BCUT2D eigenvalue weighted by atomic mass is 10.3. The molecular formula is C4H7N2O+. The van der Waals surface area contributed by atoms with Crippen molar-refractivity contribution in [2.45, 2.75) is 19.5 Å². The van der Waals surface area contributed by atoms with Gasteiger partial charge in [-0.2, -0.15) is 0 Å². The van der Waals surface area contributed by atoms with E-state index in [9.17, 15) is 4.91 Å². The van der Waals surface area contributed by atoms with Crippen LogP contribution in [-0.4, -0.2) is 5.66 Å². The number of nitrogens with zero attached hydrogens (tertiary/aromatic N) is 2. The summed E-state index contributed by atoms with van der Waals surface area (Å²) < 4.78 is 0. The minimum Gasteiger partial charge on any atom is -0.142 e. The van der Waals surface area contributed by atoms with Gasteiger partial charge in [0.2, 0.25) is 0 Å². The molecule has 0 aromatic carbocycles. The van der Waals surface area contributed by atoms with E-state index in [1.807, 2.05) is 0 Å². The standard InChI is InChI=1S/C4H7N2O/c1-4(2,5-3)6-7/h3H,1-2H3/q+1. The number of hydrogen-bond donors (Lipinski definition) is 0. The predicted molar refractivity (Wildman–Crippen MR) is 28.2 cm³/mol. The quantitative estimate of drug-likeness (QED) is 0.458. The van der Waals surface area contributed by atoms with Crippen molar-refractivity contribution in [1.82, 2.24) is 0 Å². The van der Waals surface area contributed by atoms with Crippen LogP contribution < -0.4 is 0 Å². The molecule has 0 rings (SSSR count). The first kappa shape index (κ1) is 6.09. The zero-order chi connectivity index (χ0) is 5.91. The highest BCUT2D eigenvalue weighted by atomic mass is 16.3. The Kier molecular flexibility index (Phi) is 1.47. The van der Waals surface area contributed by atoms with Crippen LogP contribution in [0.25, 0.3) is 4.85 Å². The van der Waals surface area contributed by atoms with Gasteiger partial charge in [-0.25, -0.2) is 0 Å². The molecule has 0 amide bonds. The molecular weight excluding hydrogens is 92.1 g/mol. The Morgan fingerprint density at radius 2 is 2.14 bits per heavy atom. The Morgan fingerprint density at radius 1 is 1.71 bits per heavy atom. The van der Waals surface area contributed by atoms with E-state index in [1.165, 1.54) is 13.8 Å². The van der Waals surface area contributed by atoms with E-state index in [0.717, 1.165) is 0 Å². The second-order valence-corrected chi connectivity index (χ2v) is 1.71. The molecule has 0 saturated heterocycles. The molecule has 0 radical (unpaired) electrons. The lowest BCUT2D eigenvalue weighted by molar-refractivity contribution is 0.647. The van der Waals surface area contributed by atoms with Gasteiger partial charge < -0.3 is 0 Å². The van der Waals surface area contributed by atoms with E-state index in [-0.39, 0.29) is 0 Å². The highest BCUT2D eigenvalue weighted by Crippen LogP contribution is 2.07. The SMILES string of the molecule is C#[N+]C(C)(C)N=O. The summed E-state index contributed by atoms with van der Waals surface area (Å²) >= 11 is 0. The normalized spacial score (nSPS) is 9.86. The largest absolute Gasteiger partial charge is 0.401 e. The molecule has 0 bridgehead atoms. The second kappa shape index (κ2) is 1.69. The maximum atomic E-state index is 9.63. The summed E-state index contributed by atoms with van der Waals surface area (Å²) in [7, 11) is 0. The third-order valence-corrected chi connectivity index (χ3v) is 0.539. The molecule has 0 heterocycles. The summed E-state index contributed by atoms with van der Waals surface area (Å²) in [6.45, 7) is 7.80. The molecule has 3 heteroatoms. The van der Waals surface area contributed by atoms with Gasteiger partial charge in [-0.3, -0.25) is 0 Å². The maximum absolute atomic E-state index is 9.63. The minimum absolute atomic E-state index is 0.944. The summed E-state index contributed by atoms with van der Waals surface area (Å²) in [6, 6.07) is 0. The lowest BCUT2D eigenvalue weighted by Crippen LogP contribution is -2.06. The highest BCUT2D eigenvalue weighted by molar-refractivity contribution is 4.89. The van der Waals surface area contributed by atoms with Crippen molar-refractivity contribution in [2.75, 3.05) is 0 Å². The molecule has 3 nitrogen and oxygen atoms in total. The molecule has 0 unspecified atom stereocenters. The fourth-order valence-electron chi connectivity index (χ4n) is 0.0236. The van der Waals surface area contributed by atoms with E-state index >= 15 is 0 Å². The van der Waals surface area contributed by atoms with Crippen molar-refractivity contribution < 1.29 is 0 Å². The first-order valence-electron chi connectivity index (χ1n) is 1.89. The number of rotatable bonds is 1. The van der Waals surface area contributed by atoms with E-state index in [1.54, 1.807) is 0 Å². The molecule has 7 heavy (non-hydrogen) atoms. The zero-order valence-corrected chi connectivity index (χ0v) is 4.38. The van der Waals surface area contributed by atoms with Crippen LogP contribution in [0.4, 0.5) is 0 Å². The summed E-state index contributed by atoms with van der Waals surface area (Å²) in [5, 5.41) is 2.60. The Balaban J connectivity index is 3.91. The Bertz CT molecular complexity index is 111. The molecule has 0 aliphatic heterocycles. The fraction of sp³-hybridized carbons (Fsp3) is 0.750. The molecule has 0 aliphatic carbocycles. The minimum atomic E-state index is -0.944. The summed E-state index contributed by atoms with van der Waals surface area (Å²) in [5.41, 5.74) is -0.944. The van der Waals surface area contributed by atoms with Crippen LogP contribution >= 0.6 is 0 Å². The monoisotopic (exact) mass is 99.1 g/mol. The number of hydrogen-bond acceptors (Lipinski definition) is 2. The average Bonchev–Trinajstić information content (AvgIpc) is 1.68. The van der Waals surface area contributed by atoms with Gasteiger partial charge in [-0.05, 0) is 0 Å². The molecule has 0 aromatic rings. The van der Waals surface area contributed by atoms with Crippen molar-refractivity contribution in [3.63, 3.8) is 0 Å². The van der Waals surface area contributed by atoms with Crippen molar-refractivity contribution in [3.8, 4) is 6.57 Å². The van der Waals surface area contributed by atoms with Gasteiger partial charge in [-0.1, -0.05) is 4.85 Å². The second-order valence-electron chi connectivity index (χ2n) is 1.71. The van der Waals surface area contributed by atoms with Gasteiger partial charge in [0.1, 0.15) is 0 Å². The summed E-state index contributed by atoms with van der Waals surface area (Å²) in [4.78, 5) is 12.8. The Morgan fingerprint density at radius 3 is 2.14 bits per heavy atom. The van der Waals surface area contributed by atoms with Gasteiger partial charge in [0.25, 0.3) is 6.57 Å². The van der Waals surface area contributed by atoms with Crippen molar-refractivity contribution in [2.24, 2.45) is 5.18 Å². The van der Waals surface area contributed by atoms with Crippen LogP contribution in [0.2, 0.25) is 0 Å². The molecule has 0 N–H and O–H groups in total. The molecule has 0 saturated carbocycles. The fourth-order valence-corrected chi connectivity index (χ4v) is 0.0236. The molecule has 0 aliphatic rings. The van der Waals surface area contributed by atoms with E-state index in [2.05, 4.69) is 10.0 Å². The van der Waals surface area contributed by atoms with E-state index < -0.39 is 5.66 Å². The molecule has 38 valence electrons. The maximum Gasteiger partial charge on any atom is 0.401 e. The van der Waals surface area contributed by atoms with Crippen LogP contribution in [0.3, 0.4) is 0 Å². The average molecular weight is 99.1 g/mol. The highest BCUT2D eigenvalue weighted by Gasteiger charge is 2.26. The van der Waals surface area contributed by atoms with Crippen molar-refractivity contribution >= 4 is 0 Å². The van der Waals surface area contributed by atoms with Gasteiger partial charge in [0, 0.05) is 19.0 Å². The predicted octanol–water partition coefficient (Wildman–Crippen LogP) is 1.45. The van der Waals surface area contributed by atoms with Crippen LogP contribution in [0.1, 0.15) is 13.8 Å². The summed E-state index contributed by atoms with van der Waals surface area (Å²) in [5.74, 6) is 0. The number of nitroso groups, excluding NO2 is 1. The third-order valence-electron chi connectivity index (χ3n) is 0.539. The van der Waals surface area contributed by atoms with Gasteiger partial charge in [0.15, 0.2) is 0 Å². The molecule has 0 aromatic heterocycles. The molecule has 0 fully saturated rings. The van der Waals surface area contributed by atoms with Gasteiger partial charge in [0.05, 0.1) is 0 Å². The lowest BCUT2D eigenvalue weighted by Gasteiger charge is -1.87. The Hall–Kier alpha value is -0.910. The smallest absolute Gasteiger partial charge is 0.142 e. The first-order chi connectivity index (χ1) is 3.12. The van der Waals surface area contributed by atoms with Crippen molar-refractivity contribution in [3.05, 3.63) is 9.75 Å². The van der Waals surface area contributed by atoms with Gasteiger partial charge >= 0.3 is 5.66 Å². The van der Waals surface area contributed by atoms with Crippen LogP contribution in [0.15, 0.2) is 5.18 Å². The molecule has 0 spiro atoms. The third kappa shape index (κ3) is 1.88. The van der Waals surface area contributed by atoms with E-state index in [0.29, 0.717) is 0 Å². The van der Waals surface area contributed by atoms with Gasteiger partial charge in [-0.15, -0.1) is 4.91 Å². The van der Waals surface area contributed by atoms with Crippen LogP contribution in [0, 0.1) is 11.5 Å². The van der Waals surface area contributed by atoms with Crippen molar-refractivity contribution in [1.29, 1.82) is 0 Å².